The van der Waals surface area contributed by atoms with Gasteiger partial charge in [0.1, 0.15) is 5.82 Å². The van der Waals surface area contributed by atoms with Gasteiger partial charge in [0, 0.05) is 31.0 Å². The largest absolute Gasteiger partial charge is 0.352 e. The molecule has 6 heteroatoms. The Hall–Kier alpha value is -3.54. The fraction of sp³-hybridized carbons (Fsp3) is 0.240. The normalized spacial score (nSPS) is 18.4. The second-order valence-electron chi connectivity index (χ2n) is 7.74. The average Bonchev–Trinajstić information content (AvgIpc) is 2.83. The summed E-state index contributed by atoms with van der Waals surface area (Å²) in [5.41, 5.74) is 2.37. The molecule has 0 spiro atoms. The summed E-state index contributed by atoms with van der Waals surface area (Å²) in [6.45, 7) is 0.714. The molecule has 1 fully saturated rings. The van der Waals surface area contributed by atoms with Crippen LogP contribution in [0.5, 0.6) is 0 Å². The molecule has 0 aliphatic carbocycles. The maximum Gasteiger partial charge on any atom is 0.254 e. The number of hydrogen-bond acceptors (Lipinski definition) is 3. The molecule has 1 aliphatic rings. The quantitative estimate of drug-likeness (QED) is 0.679. The van der Waals surface area contributed by atoms with Crippen molar-refractivity contribution < 1.29 is 14.0 Å². The summed E-state index contributed by atoms with van der Waals surface area (Å²) in [4.78, 5) is 32.0. The van der Waals surface area contributed by atoms with Crippen molar-refractivity contribution in [1.29, 1.82) is 0 Å². The minimum atomic E-state index is -0.312. The van der Waals surface area contributed by atoms with Gasteiger partial charge in [-0.3, -0.25) is 14.6 Å². The lowest BCUT2D eigenvalue weighted by atomic mass is 9.87. The standard InChI is InChI=1S/C25H24FN3O2/c26-22-11-8-19(9-12-22)23-13-10-21(24(30)28-16-18-5-4-14-27-15-18)17-29(23)25(31)20-6-2-1-3-7-20/h1-9,11-12,14-15,21,23H,10,13,16-17H2,(H,28,30). The van der Waals surface area contributed by atoms with Crippen LogP contribution in [0.25, 0.3) is 0 Å². The first-order chi connectivity index (χ1) is 15.1. The van der Waals surface area contributed by atoms with E-state index in [0.717, 1.165) is 11.1 Å². The maximum absolute atomic E-state index is 13.4. The fourth-order valence-corrected chi connectivity index (χ4v) is 4.02. The number of halogens is 1. The molecule has 2 unspecified atom stereocenters. The SMILES string of the molecule is O=C(NCc1cccnc1)C1CCC(c2ccc(F)cc2)N(C(=O)c2ccccc2)C1. The Bertz CT molecular complexity index is 1030. The van der Waals surface area contributed by atoms with E-state index in [4.69, 9.17) is 0 Å². The Labute approximate surface area is 180 Å². The van der Waals surface area contributed by atoms with Gasteiger partial charge in [0.05, 0.1) is 12.0 Å². The minimum absolute atomic E-state index is 0.0766. The van der Waals surface area contributed by atoms with Gasteiger partial charge in [-0.05, 0) is 54.3 Å². The van der Waals surface area contributed by atoms with Gasteiger partial charge < -0.3 is 10.2 Å². The number of amides is 2. The molecule has 3 aromatic rings. The second kappa shape index (κ2) is 9.51. The van der Waals surface area contributed by atoms with E-state index in [9.17, 15) is 14.0 Å². The highest BCUT2D eigenvalue weighted by Gasteiger charge is 2.35. The number of nitrogens with zero attached hydrogens (tertiary/aromatic N) is 2. The molecule has 1 aromatic heterocycles. The summed E-state index contributed by atoms with van der Waals surface area (Å²) in [5.74, 6) is -0.818. The van der Waals surface area contributed by atoms with Crippen molar-refractivity contribution in [2.45, 2.75) is 25.4 Å². The number of benzene rings is 2. The van der Waals surface area contributed by atoms with Crippen molar-refractivity contribution in [3.05, 3.63) is 102 Å². The van der Waals surface area contributed by atoms with Crippen LogP contribution >= 0.6 is 0 Å². The van der Waals surface area contributed by atoms with Gasteiger partial charge in [0.25, 0.3) is 5.91 Å². The zero-order valence-electron chi connectivity index (χ0n) is 17.1. The number of carbonyl (C=O) groups excluding carboxylic acids is 2. The van der Waals surface area contributed by atoms with Crippen molar-refractivity contribution in [3.63, 3.8) is 0 Å². The van der Waals surface area contributed by atoms with E-state index in [1.807, 2.05) is 30.3 Å². The minimum Gasteiger partial charge on any atom is -0.352 e. The van der Waals surface area contributed by atoms with Gasteiger partial charge in [-0.1, -0.05) is 36.4 Å². The first-order valence-electron chi connectivity index (χ1n) is 10.4. The molecule has 2 atom stereocenters. The Balaban J connectivity index is 1.52. The van der Waals surface area contributed by atoms with Crippen LogP contribution in [0.2, 0.25) is 0 Å². The molecule has 1 aliphatic heterocycles. The van der Waals surface area contributed by atoms with E-state index in [1.165, 1.54) is 12.1 Å². The molecule has 0 bridgehead atoms. The molecular formula is C25H24FN3O2. The molecule has 158 valence electrons. The van der Waals surface area contributed by atoms with Gasteiger partial charge >= 0.3 is 0 Å². The summed E-state index contributed by atoms with van der Waals surface area (Å²) >= 11 is 0. The lowest BCUT2D eigenvalue weighted by Gasteiger charge is -2.39. The van der Waals surface area contributed by atoms with Crippen molar-refractivity contribution in [1.82, 2.24) is 15.2 Å². The third-order valence-corrected chi connectivity index (χ3v) is 5.68. The van der Waals surface area contributed by atoms with Gasteiger partial charge in [0.2, 0.25) is 5.91 Å². The monoisotopic (exact) mass is 417 g/mol. The van der Waals surface area contributed by atoms with Crippen molar-refractivity contribution >= 4 is 11.8 Å². The summed E-state index contributed by atoms with van der Waals surface area (Å²) in [6, 6.07) is 18.8. The number of likely N-dealkylation sites (tertiary alicyclic amines) is 1. The van der Waals surface area contributed by atoms with Crippen LogP contribution in [0.15, 0.2) is 79.1 Å². The summed E-state index contributed by atoms with van der Waals surface area (Å²) in [7, 11) is 0. The van der Waals surface area contributed by atoms with Crippen molar-refractivity contribution in [3.8, 4) is 0 Å². The third kappa shape index (κ3) is 4.97. The lowest BCUT2D eigenvalue weighted by molar-refractivity contribution is -0.127. The topological polar surface area (TPSA) is 62.3 Å². The van der Waals surface area contributed by atoms with E-state index in [2.05, 4.69) is 10.3 Å². The number of hydrogen-bond donors (Lipinski definition) is 1. The molecule has 0 saturated carbocycles. The first-order valence-corrected chi connectivity index (χ1v) is 10.4. The Kier molecular flexibility index (Phi) is 6.36. The second-order valence-corrected chi connectivity index (χ2v) is 7.74. The molecule has 1 saturated heterocycles. The lowest BCUT2D eigenvalue weighted by Crippen LogP contribution is -2.46. The number of carbonyl (C=O) groups is 2. The number of rotatable bonds is 5. The summed E-state index contributed by atoms with van der Waals surface area (Å²) in [6.07, 6.45) is 4.70. The van der Waals surface area contributed by atoms with Gasteiger partial charge in [-0.25, -0.2) is 4.39 Å². The van der Waals surface area contributed by atoms with Crippen molar-refractivity contribution in [2.24, 2.45) is 5.92 Å². The van der Waals surface area contributed by atoms with E-state index in [-0.39, 0.29) is 29.6 Å². The van der Waals surface area contributed by atoms with E-state index in [1.54, 1.807) is 41.6 Å². The van der Waals surface area contributed by atoms with Crippen LogP contribution < -0.4 is 5.32 Å². The van der Waals surface area contributed by atoms with Crippen LogP contribution in [0, 0.1) is 11.7 Å². The zero-order chi connectivity index (χ0) is 21.6. The number of aromatic nitrogens is 1. The molecule has 2 heterocycles. The maximum atomic E-state index is 13.4. The number of piperidine rings is 1. The molecular weight excluding hydrogens is 393 g/mol. The highest BCUT2D eigenvalue weighted by molar-refractivity contribution is 5.95. The molecule has 31 heavy (non-hydrogen) atoms. The fourth-order valence-electron chi connectivity index (χ4n) is 4.02. The van der Waals surface area contributed by atoms with Gasteiger partial charge in [0.15, 0.2) is 0 Å². The predicted molar refractivity (Wildman–Crippen MR) is 115 cm³/mol. The number of pyridine rings is 1. The molecule has 4 rings (SSSR count). The van der Waals surface area contributed by atoms with Crippen LogP contribution in [0.4, 0.5) is 4.39 Å². The molecule has 2 amide bonds. The van der Waals surface area contributed by atoms with E-state index in [0.29, 0.717) is 31.5 Å². The van der Waals surface area contributed by atoms with E-state index < -0.39 is 0 Å². The Morgan fingerprint density at radius 2 is 1.77 bits per heavy atom. The highest BCUT2D eigenvalue weighted by atomic mass is 19.1. The first kappa shape index (κ1) is 20.7. The Morgan fingerprint density at radius 1 is 1.00 bits per heavy atom. The average molecular weight is 417 g/mol. The molecule has 0 radical (unpaired) electrons. The third-order valence-electron chi connectivity index (χ3n) is 5.68. The highest BCUT2D eigenvalue weighted by Crippen LogP contribution is 2.34. The summed E-state index contributed by atoms with van der Waals surface area (Å²) in [5, 5.41) is 2.96. The molecule has 1 N–H and O–H groups in total. The molecule has 5 nitrogen and oxygen atoms in total. The van der Waals surface area contributed by atoms with Crippen LogP contribution in [-0.4, -0.2) is 28.2 Å². The zero-order valence-corrected chi connectivity index (χ0v) is 17.1. The predicted octanol–water partition coefficient (Wildman–Crippen LogP) is 4.13. The summed E-state index contributed by atoms with van der Waals surface area (Å²) < 4.78 is 13.4. The van der Waals surface area contributed by atoms with Crippen LogP contribution in [-0.2, 0) is 11.3 Å². The number of nitrogens with one attached hydrogen (secondary N) is 1. The smallest absolute Gasteiger partial charge is 0.254 e. The van der Waals surface area contributed by atoms with E-state index >= 15 is 0 Å². The Morgan fingerprint density at radius 3 is 2.48 bits per heavy atom. The van der Waals surface area contributed by atoms with Gasteiger partial charge in [-0.2, -0.15) is 0 Å². The van der Waals surface area contributed by atoms with Gasteiger partial charge in [-0.15, -0.1) is 0 Å². The van der Waals surface area contributed by atoms with Crippen LogP contribution in [0.1, 0.15) is 40.4 Å². The molecule has 2 aromatic carbocycles. The van der Waals surface area contributed by atoms with Crippen LogP contribution in [0.3, 0.4) is 0 Å². The van der Waals surface area contributed by atoms with Crippen molar-refractivity contribution in [2.75, 3.05) is 6.54 Å².